The highest BCUT2D eigenvalue weighted by molar-refractivity contribution is 6.17. The monoisotopic (exact) mass is 221 g/mol. The summed E-state index contributed by atoms with van der Waals surface area (Å²) < 4.78 is 8.84. The fourth-order valence-electron chi connectivity index (χ4n) is 0.990. The lowest BCUT2D eigenvalue weighted by Crippen LogP contribution is -2.25. The second kappa shape index (κ2) is 6.54. The van der Waals surface area contributed by atoms with Crippen molar-refractivity contribution in [1.82, 2.24) is 0 Å². The molecule has 0 saturated carbocycles. The highest BCUT2D eigenvalue weighted by Gasteiger charge is 2.31. The van der Waals surface area contributed by atoms with Gasteiger partial charge in [-0.2, -0.15) is 0 Å². The maximum absolute atomic E-state index is 11.3. The number of ether oxygens (including phenoxy) is 1. The zero-order valence-electron chi connectivity index (χ0n) is 8.29. The van der Waals surface area contributed by atoms with Gasteiger partial charge in [-0.1, -0.05) is 25.4 Å². The lowest BCUT2D eigenvalue weighted by molar-refractivity contribution is -0.369. The molecule has 1 atom stereocenters. The molecule has 0 aliphatic heterocycles. The Bertz CT molecular complexity index is 225. The number of hydrogen-bond acceptors (Lipinski definition) is 3. The first-order valence-electron chi connectivity index (χ1n) is 4.20. The number of alkyl halides is 1. The summed E-state index contributed by atoms with van der Waals surface area (Å²) >= 11 is 5.24. The molecule has 0 heterocycles. The molecule has 80 valence electrons. The van der Waals surface area contributed by atoms with Gasteiger partial charge in [-0.05, 0) is 5.92 Å². The second-order valence-corrected chi connectivity index (χ2v) is 3.36. The Hall–Kier alpha value is -0.900. The molecule has 0 rings (SSSR count). The SMILES string of the molecule is C=[O+]C(=O)C[C@H](C(=O)OCCl)C(C)C. The maximum Gasteiger partial charge on any atom is 0.580 e. The average Bonchev–Trinajstić information content (AvgIpc) is 2.13. The summed E-state index contributed by atoms with van der Waals surface area (Å²) in [6.07, 6.45) is -0.0309. The van der Waals surface area contributed by atoms with Gasteiger partial charge < -0.3 is 4.74 Å². The topological polar surface area (TPSA) is 54.7 Å². The fraction of sp³-hybridized carbons (Fsp3) is 0.667. The highest BCUT2D eigenvalue weighted by Crippen LogP contribution is 2.17. The molecule has 5 heteroatoms. The normalized spacial score (nSPS) is 12.3. The van der Waals surface area contributed by atoms with Gasteiger partial charge in [0.25, 0.3) is 0 Å². The number of hydrogen-bond donors (Lipinski definition) is 0. The number of carbonyl (C=O) groups excluding carboxylic acids is 3. The first kappa shape index (κ1) is 13.1. The largest absolute Gasteiger partial charge is 0.580 e. The van der Waals surface area contributed by atoms with E-state index >= 15 is 0 Å². The van der Waals surface area contributed by atoms with E-state index in [1.54, 1.807) is 0 Å². The number of carbonyl (C=O) groups is 2. The summed E-state index contributed by atoms with van der Waals surface area (Å²) in [6, 6.07) is -0.207. The van der Waals surface area contributed by atoms with Gasteiger partial charge in [0.2, 0.25) is 0 Å². The van der Waals surface area contributed by atoms with E-state index in [9.17, 15) is 9.59 Å². The lowest BCUT2D eigenvalue weighted by atomic mass is 9.93. The van der Waals surface area contributed by atoms with Crippen LogP contribution < -0.4 is 0 Å². The van der Waals surface area contributed by atoms with Crippen LogP contribution in [0.4, 0.5) is 0 Å². The van der Waals surface area contributed by atoms with Crippen LogP contribution in [0.3, 0.4) is 0 Å². The minimum Gasteiger partial charge on any atom is -0.449 e. The van der Waals surface area contributed by atoms with E-state index in [1.807, 2.05) is 13.8 Å². The molecule has 0 bridgehead atoms. The van der Waals surface area contributed by atoms with E-state index < -0.39 is 17.9 Å². The molecule has 0 spiro atoms. The van der Waals surface area contributed by atoms with E-state index in [0.717, 1.165) is 0 Å². The first-order chi connectivity index (χ1) is 6.52. The Balaban J connectivity index is 4.36. The van der Waals surface area contributed by atoms with Crippen molar-refractivity contribution in [3.05, 3.63) is 0 Å². The van der Waals surface area contributed by atoms with E-state index in [4.69, 9.17) is 11.6 Å². The molecular weight excluding hydrogens is 208 g/mol. The van der Waals surface area contributed by atoms with Crippen LogP contribution in [0.15, 0.2) is 0 Å². The molecule has 0 aromatic rings. The molecule has 0 aromatic heterocycles. The Labute approximate surface area is 87.9 Å². The van der Waals surface area contributed by atoms with Crippen molar-refractivity contribution in [2.24, 2.45) is 11.8 Å². The van der Waals surface area contributed by atoms with E-state index in [0.29, 0.717) is 0 Å². The van der Waals surface area contributed by atoms with Crippen LogP contribution in [-0.4, -0.2) is 24.8 Å². The molecule has 0 saturated heterocycles. The Morgan fingerprint density at radius 3 is 2.43 bits per heavy atom. The molecule has 0 unspecified atom stereocenters. The summed E-state index contributed by atoms with van der Waals surface area (Å²) in [5.41, 5.74) is 0. The standard InChI is InChI=1S/C9H14ClO4/c1-6(2)7(4-8(11)13-3)9(12)14-5-10/h6-7H,3-5H2,1-2H3/q+1/t7-/m0/s1. The number of halogens is 1. The molecule has 0 fully saturated rings. The second-order valence-electron chi connectivity index (χ2n) is 3.14. The third-order valence-electron chi connectivity index (χ3n) is 1.85. The molecule has 0 N–H and O–H groups in total. The quantitative estimate of drug-likeness (QED) is 0.399. The van der Waals surface area contributed by atoms with Crippen LogP contribution in [0, 0.1) is 11.8 Å². The van der Waals surface area contributed by atoms with E-state index in [2.05, 4.69) is 16.0 Å². The van der Waals surface area contributed by atoms with Crippen molar-refractivity contribution in [3.8, 4) is 0 Å². The van der Waals surface area contributed by atoms with Crippen LogP contribution in [0.1, 0.15) is 20.3 Å². The summed E-state index contributed by atoms with van der Waals surface area (Å²) in [4.78, 5) is 22.2. The van der Waals surface area contributed by atoms with Crippen LogP contribution >= 0.6 is 11.6 Å². The predicted octanol–water partition coefficient (Wildman–Crippen LogP) is 1.28. The van der Waals surface area contributed by atoms with Gasteiger partial charge in [-0.25, -0.2) is 0 Å². The minimum atomic E-state index is -0.532. The van der Waals surface area contributed by atoms with Gasteiger partial charge in [0.05, 0.1) is 5.92 Å². The Kier molecular flexibility index (Phi) is 6.12. The summed E-state index contributed by atoms with van der Waals surface area (Å²) in [5.74, 6) is -1.55. The molecule has 0 aromatic carbocycles. The maximum atomic E-state index is 11.3. The molecule has 0 radical (unpaired) electrons. The fourth-order valence-corrected chi connectivity index (χ4v) is 1.10. The van der Waals surface area contributed by atoms with Gasteiger partial charge in [-0.15, -0.1) is 0 Å². The van der Waals surface area contributed by atoms with Crippen LogP contribution in [0.5, 0.6) is 0 Å². The summed E-state index contributed by atoms with van der Waals surface area (Å²) in [5, 5.41) is 0. The molecule has 14 heavy (non-hydrogen) atoms. The van der Waals surface area contributed by atoms with Crippen molar-refractivity contribution in [2.75, 3.05) is 6.07 Å². The van der Waals surface area contributed by atoms with Crippen molar-refractivity contribution in [3.63, 3.8) is 0 Å². The van der Waals surface area contributed by atoms with Crippen LogP contribution in [-0.2, 0) is 18.8 Å². The molecule has 0 aliphatic rings. The Morgan fingerprint density at radius 1 is 1.50 bits per heavy atom. The molecule has 4 nitrogen and oxygen atoms in total. The predicted molar refractivity (Wildman–Crippen MR) is 51.9 cm³/mol. The first-order valence-corrected chi connectivity index (χ1v) is 4.73. The van der Waals surface area contributed by atoms with Crippen molar-refractivity contribution in [1.29, 1.82) is 0 Å². The van der Waals surface area contributed by atoms with Crippen molar-refractivity contribution >= 4 is 30.3 Å². The molecule has 0 aliphatic carbocycles. The van der Waals surface area contributed by atoms with Gasteiger partial charge in [0.15, 0.2) is 12.9 Å². The van der Waals surface area contributed by atoms with Crippen molar-refractivity contribution in [2.45, 2.75) is 20.3 Å². The smallest absolute Gasteiger partial charge is 0.449 e. The average molecular weight is 222 g/mol. The van der Waals surface area contributed by atoms with Crippen molar-refractivity contribution < 1.29 is 18.8 Å². The van der Waals surface area contributed by atoms with Crippen LogP contribution in [0.25, 0.3) is 0 Å². The van der Waals surface area contributed by atoms with Gasteiger partial charge >= 0.3 is 11.9 Å². The van der Waals surface area contributed by atoms with E-state index in [1.165, 1.54) is 0 Å². The zero-order valence-corrected chi connectivity index (χ0v) is 9.04. The summed E-state index contributed by atoms with van der Waals surface area (Å²) in [7, 11) is 0. The molecular formula is C9H14ClO4+. The van der Waals surface area contributed by atoms with E-state index in [-0.39, 0.29) is 18.4 Å². The summed E-state index contributed by atoms with van der Waals surface area (Å²) in [6.45, 7) is 6.61. The van der Waals surface area contributed by atoms with Gasteiger partial charge in [-0.3, -0.25) is 9.22 Å². The zero-order chi connectivity index (χ0) is 11.1. The highest BCUT2D eigenvalue weighted by atomic mass is 35.5. The number of rotatable bonds is 5. The van der Waals surface area contributed by atoms with Gasteiger partial charge in [0.1, 0.15) is 6.42 Å². The Morgan fingerprint density at radius 2 is 2.07 bits per heavy atom. The third kappa shape index (κ3) is 4.37. The minimum absolute atomic E-state index is 0.00943. The van der Waals surface area contributed by atoms with Crippen LogP contribution in [0.2, 0.25) is 0 Å². The lowest BCUT2D eigenvalue weighted by Gasteiger charge is -2.14. The van der Waals surface area contributed by atoms with Gasteiger partial charge in [0, 0.05) is 4.79 Å². The third-order valence-corrected chi connectivity index (χ3v) is 1.96. The number of esters is 1. The molecule has 0 amide bonds.